The number of carbonyl (C=O) groups excluding carboxylic acids is 1. The van der Waals surface area contributed by atoms with E-state index in [2.05, 4.69) is 33.8 Å². The Balaban J connectivity index is 1.93. The number of epoxide rings is 1. The van der Waals surface area contributed by atoms with Crippen LogP contribution in [0.1, 0.15) is 60.8 Å². The van der Waals surface area contributed by atoms with Crippen molar-refractivity contribution in [1.82, 2.24) is 0 Å². The fourth-order valence-electron chi connectivity index (χ4n) is 5.00. The summed E-state index contributed by atoms with van der Waals surface area (Å²) in [5.74, 6) is 1.08. The summed E-state index contributed by atoms with van der Waals surface area (Å²) in [6.45, 7) is 12.6. The molecule has 3 nitrogen and oxygen atoms in total. The summed E-state index contributed by atoms with van der Waals surface area (Å²) in [7, 11) is 0. The van der Waals surface area contributed by atoms with E-state index in [-0.39, 0.29) is 29.2 Å². The lowest BCUT2D eigenvalue weighted by atomic mass is 9.59. The van der Waals surface area contributed by atoms with Gasteiger partial charge in [0, 0.05) is 17.9 Å². The zero-order valence-corrected chi connectivity index (χ0v) is 15.3. The highest BCUT2D eigenvalue weighted by molar-refractivity contribution is 5.87. The molecule has 0 unspecified atom stereocenters. The maximum Gasteiger partial charge on any atom is 0.333 e. The first-order valence-corrected chi connectivity index (χ1v) is 9.00. The Bertz CT molecular complexity index is 573. The van der Waals surface area contributed by atoms with Crippen molar-refractivity contribution in [2.75, 3.05) is 0 Å². The Morgan fingerprint density at radius 1 is 1.48 bits per heavy atom. The molecule has 3 heteroatoms. The van der Waals surface area contributed by atoms with E-state index in [0.29, 0.717) is 17.4 Å². The van der Waals surface area contributed by atoms with E-state index in [4.69, 9.17) is 9.47 Å². The van der Waals surface area contributed by atoms with Gasteiger partial charge in [0.15, 0.2) is 0 Å². The van der Waals surface area contributed by atoms with Crippen LogP contribution in [0.4, 0.5) is 0 Å². The molecule has 0 amide bonds. The average Bonchev–Trinajstić information content (AvgIpc) is 3.14. The van der Waals surface area contributed by atoms with E-state index in [9.17, 15) is 4.79 Å². The number of ether oxygens (including phenoxy) is 2. The lowest BCUT2D eigenvalue weighted by Crippen LogP contribution is -2.51. The fourth-order valence-corrected chi connectivity index (χ4v) is 5.00. The van der Waals surface area contributed by atoms with Crippen molar-refractivity contribution in [3.63, 3.8) is 0 Å². The molecule has 0 bridgehead atoms. The monoisotopic (exact) mass is 318 g/mol. The second kappa shape index (κ2) is 5.47. The van der Waals surface area contributed by atoms with Crippen LogP contribution in [0.25, 0.3) is 0 Å². The zero-order chi connectivity index (χ0) is 17.0. The van der Waals surface area contributed by atoms with E-state index in [0.717, 1.165) is 19.3 Å². The van der Waals surface area contributed by atoms with Crippen LogP contribution in [0.2, 0.25) is 0 Å². The van der Waals surface area contributed by atoms with Crippen LogP contribution in [0, 0.1) is 17.8 Å². The van der Waals surface area contributed by atoms with Crippen molar-refractivity contribution in [2.24, 2.45) is 17.8 Å². The summed E-state index contributed by atoms with van der Waals surface area (Å²) in [6, 6.07) is 0. The number of carbonyl (C=O) groups is 1. The normalized spacial score (nSPS) is 42.7. The van der Waals surface area contributed by atoms with E-state index in [1.807, 2.05) is 19.9 Å². The lowest BCUT2D eigenvalue weighted by Gasteiger charge is -2.44. The number of rotatable bonds is 3. The molecule has 0 aromatic rings. The maximum absolute atomic E-state index is 12.3. The van der Waals surface area contributed by atoms with E-state index in [1.54, 1.807) is 0 Å². The van der Waals surface area contributed by atoms with Crippen molar-refractivity contribution >= 4 is 5.97 Å². The van der Waals surface area contributed by atoms with Gasteiger partial charge in [-0.25, -0.2) is 4.79 Å². The molecule has 0 aromatic carbocycles. The summed E-state index contributed by atoms with van der Waals surface area (Å²) in [5, 5.41) is 0. The molecule has 128 valence electrons. The van der Waals surface area contributed by atoms with E-state index in [1.165, 1.54) is 5.57 Å². The van der Waals surface area contributed by atoms with Gasteiger partial charge in [-0.15, -0.1) is 0 Å². The number of allylic oxidation sites excluding steroid dienone is 1. The second-order valence-electron chi connectivity index (χ2n) is 8.09. The molecule has 3 rings (SSSR count). The Hall–Kier alpha value is -1.09. The van der Waals surface area contributed by atoms with Gasteiger partial charge in [-0.2, -0.15) is 0 Å². The Labute approximate surface area is 140 Å². The minimum atomic E-state index is -0.212. The molecule has 0 N–H and O–H groups in total. The molecule has 5 atom stereocenters. The number of hydrogen-bond donors (Lipinski definition) is 0. The smallest absolute Gasteiger partial charge is 0.333 e. The van der Waals surface area contributed by atoms with Crippen LogP contribution in [0.3, 0.4) is 0 Å². The number of hydrogen-bond acceptors (Lipinski definition) is 3. The first kappa shape index (κ1) is 16.8. The highest BCUT2D eigenvalue weighted by atomic mass is 16.6. The highest BCUT2D eigenvalue weighted by Crippen LogP contribution is 2.68. The van der Waals surface area contributed by atoms with Gasteiger partial charge in [0.05, 0.1) is 0 Å². The standard InChI is InChI=1S/C20H30O3/c1-7-14(5)18(21)22-16-10-13(4)11-20-17(16)15(6)8-9-19(20,23-20)12(2)3/h7,11-12,15-17H,8-10H2,1-6H3/b14-7-/t15-,16-,17-,19-,20-/m0/s1. The maximum atomic E-state index is 12.3. The van der Waals surface area contributed by atoms with Crippen LogP contribution < -0.4 is 0 Å². The Morgan fingerprint density at radius 3 is 2.78 bits per heavy atom. The van der Waals surface area contributed by atoms with Gasteiger partial charge in [-0.1, -0.05) is 38.5 Å². The van der Waals surface area contributed by atoms with Crippen molar-refractivity contribution in [2.45, 2.75) is 78.1 Å². The van der Waals surface area contributed by atoms with Crippen molar-refractivity contribution in [3.05, 3.63) is 23.3 Å². The summed E-state index contributed by atoms with van der Waals surface area (Å²) >= 11 is 0. The van der Waals surface area contributed by atoms with E-state index < -0.39 is 0 Å². The molecule has 1 aliphatic heterocycles. The fraction of sp³-hybridized carbons (Fsp3) is 0.750. The van der Waals surface area contributed by atoms with Gasteiger partial charge in [0.25, 0.3) is 0 Å². The molecule has 0 aromatic heterocycles. The molecule has 1 saturated carbocycles. The molecule has 3 aliphatic rings. The van der Waals surface area contributed by atoms with Crippen LogP contribution in [0.15, 0.2) is 23.3 Å². The SMILES string of the molecule is C/C=C(/C)C(=O)O[C@H]1CC(C)=C[C@@]23O[C@]2(C(C)C)CC[C@H](C)[C@@H]13. The molecule has 23 heavy (non-hydrogen) atoms. The predicted octanol–water partition coefficient (Wildman–Crippen LogP) is 4.42. The second-order valence-corrected chi connectivity index (χ2v) is 8.09. The van der Waals surface area contributed by atoms with Gasteiger partial charge >= 0.3 is 5.97 Å². The molecule has 1 heterocycles. The first-order chi connectivity index (χ1) is 10.8. The van der Waals surface area contributed by atoms with E-state index >= 15 is 0 Å². The summed E-state index contributed by atoms with van der Waals surface area (Å²) in [4.78, 5) is 12.3. The third kappa shape index (κ3) is 2.31. The van der Waals surface area contributed by atoms with Gasteiger partial charge in [-0.05, 0) is 45.4 Å². The quantitative estimate of drug-likeness (QED) is 0.334. The van der Waals surface area contributed by atoms with Crippen LogP contribution in [-0.2, 0) is 14.3 Å². The summed E-state index contributed by atoms with van der Waals surface area (Å²) < 4.78 is 12.4. The predicted molar refractivity (Wildman–Crippen MR) is 91.0 cm³/mol. The third-order valence-electron chi connectivity index (χ3n) is 6.38. The third-order valence-corrected chi connectivity index (χ3v) is 6.38. The molecule has 0 radical (unpaired) electrons. The summed E-state index contributed by atoms with van der Waals surface area (Å²) in [5.41, 5.74) is 1.71. The van der Waals surface area contributed by atoms with Crippen LogP contribution in [0.5, 0.6) is 0 Å². The van der Waals surface area contributed by atoms with Crippen LogP contribution in [-0.4, -0.2) is 23.3 Å². The van der Waals surface area contributed by atoms with Gasteiger partial charge < -0.3 is 9.47 Å². The zero-order valence-electron chi connectivity index (χ0n) is 15.3. The molecule has 2 fully saturated rings. The van der Waals surface area contributed by atoms with Gasteiger partial charge in [0.2, 0.25) is 0 Å². The first-order valence-electron chi connectivity index (χ1n) is 9.00. The molecule has 1 spiro atoms. The molecule has 2 aliphatic carbocycles. The van der Waals surface area contributed by atoms with Crippen molar-refractivity contribution < 1.29 is 14.3 Å². The molecular formula is C20H30O3. The highest BCUT2D eigenvalue weighted by Gasteiger charge is 2.77. The largest absolute Gasteiger partial charge is 0.458 e. The Kier molecular flexibility index (Phi) is 3.99. The molecule has 1 saturated heterocycles. The molecular weight excluding hydrogens is 288 g/mol. The minimum absolute atomic E-state index is 0.0494. The minimum Gasteiger partial charge on any atom is -0.458 e. The van der Waals surface area contributed by atoms with Gasteiger partial charge in [0.1, 0.15) is 17.3 Å². The Morgan fingerprint density at radius 2 is 2.17 bits per heavy atom. The van der Waals surface area contributed by atoms with Gasteiger partial charge in [-0.3, -0.25) is 0 Å². The topological polar surface area (TPSA) is 38.8 Å². The van der Waals surface area contributed by atoms with Crippen LogP contribution >= 0.6 is 0 Å². The number of esters is 1. The average molecular weight is 318 g/mol. The summed E-state index contributed by atoms with van der Waals surface area (Å²) in [6.07, 6.45) is 7.18. The lowest BCUT2D eigenvalue weighted by molar-refractivity contribution is -0.150. The van der Waals surface area contributed by atoms with Crippen molar-refractivity contribution in [1.29, 1.82) is 0 Å². The van der Waals surface area contributed by atoms with Crippen molar-refractivity contribution in [3.8, 4) is 0 Å².